The Morgan fingerprint density at radius 3 is 2.11 bits per heavy atom. The van der Waals surface area contributed by atoms with Crippen molar-refractivity contribution in [1.82, 2.24) is 0 Å². The molecule has 0 radical (unpaired) electrons. The number of hydrogen-bond donors (Lipinski definition) is 1. The molecule has 0 spiro atoms. The van der Waals surface area contributed by atoms with Crippen LogP contribution in [0.3, 0.4) is 0 Å². The van der Waals surface area contributed by atoms with Crippen molar-refractivity contribution in [3.05, 3.63) is 70.3 Å². The van der Waals surface area contributed by atoms with Crippen molar-refractivity contribution in [2.75, 3.05) is 0 Å². The molecule has 2 rings (SSSR count). The summed E-state index contributed by atoms with van der Waals surface area (Å²) in [6.07, 6.45) is 0.639. The van der Waals surface area contributed by atoms with E-state index >= 15 is 0 Å². The fourth-order valence-electron chi connectivity index (χ4n) is 2.84. The molecule has 0 aliphatic heterocycles. The van der Waals surface area contributed by atoms with Crippen LogP contribution < -0.4 is 0 Å². The molecule has 1 heteroatoms. The maximum Gasteiger partial charge on any atom is 0.0911 e. The Labute approximate surface area is 115 Å². The molecule has 100 valence electrons. The highest BCUT2D eigenvalue weighted by atomic mass is 16.3. The molecule has 0 heterocycles. The maximum absolute atomic E-state index is 10.8. The monoisotopic (exact) mass is 254 g/mol. The van der Waals surface area contributed by atoms with Crippen molar-refractivity contribution in [1.29, 1.82) is 0 Å². The number of aryl methyl sites for hydroxylation is 3. The quantitative estimate of drug-likeness (QED) is 0.875. The predicted octanol–water partition coefficient (Wildman–Crippen LogP) is 4.06. The highest BCUT2D eigenvalue weighted by molar-refractivity contribution is 5.35. The van der Waals surface area contributed by atoms with E-state index in [0.717, 1.165) is 11.1 Å². The second-order valence-corrected chi connectivity index (χ2v) is 5.76. The van der Waals surface area contributed by atoms with E-state index in [-0.39, 0.29) is 0 Å². The van der Waals surface area contributed by atoms with E-state index in [1.807, 2.05) is 38.1 Å². The molecule has 2 aromatic carbocycles. The second kappa shape index (κ2) is 5.18. The lowest BCUT2D eigenvalue weighted by atomic mass is 9.86. The number of hydrogen-bond acceptors (Lipinski definition) is 1. The van der Waals surface area contributed by atoms with Crippen LogP contribution in [-0.2, 0) is 12.0 Å². The minimum atomic E-state index is -0.828. The third-order valence-corrected chi connectivity index (χ3v) is 3.56. The van der Waals surface area contributed by atoms with Gasteiger partial charge in [-0.15, -0.1) is 0 Å². The average Bonchev–Trinajstić information content (AvgIpc) is 2.26. The van der Waals surface area contributed by atoms with E-state index in [1.165, 1.54) is 16.7 Å². The lowest BCUT2D eigenvalue weighted by Crippen LogP contribution is -2.25. The highest BCUT2D eigenvalue weighted by Gasteiger charge is 2.25. The van der Waals surface area contributed by atoms with E-state index in [4.69, 9.17) is 0 Å². The molecular weight excluding hydrogens is 232 g/mol. The summed E-state index contributed by atoms with van der Waals surface area (Å²) in [6.45, 7) is 8.14. The Morgan fingerprint density at radius 2 is 1.53 bits per heavy atom. The predicted molar refractivity (Wildman–Crippen MR) is 80.4 cm³/mol. The molecule has 0 amide bonds. The van der Waals surface area contributed by atoms with Gasteiger partial charge in [-0.05, 0) is 44.4 Å². The topological polar surface area (TPSA) is 20.2 Å². The zero-order valence-corrected chi connectivity index (χ0v) is 12.2. The van der Waals surface area contributed by atoms with Gasteiger partial charge in [0, 0.05) is 6.42 Å². The van der Waals surface area contributed by atoms with Gasteiger partial charge in [-0.1, -0.05) is 53.6 Å². The first-order chi connectivity index (χ1) is 8.88. The normalized spacial score (nSPS) is 14.2. The van der Waals surface area contributed by atoms with Gasteiger partial charge in [0.1, 0.15) is 0 Å². The summed E-state index contributed by atoms with van der Waals surface area (Å²) < 4.78 is 0. The van der Waals surface area contributed by atoms with Crippen molar-refractivity contribution in [2.24, 2.45) is 0 Å². The van der Waals surface area contributed by atoms with E-state index in [2.05, 4.69) is 32.0 Å². The van der Waals surface area contributed by atoms with Gasteiger partial charge in [0.2, 0.25) is 0 Å². The number of aliphatic hydroxyl groups is 1. The van der Waals surface area contributed by atoms with E-state index in [1.54, 1.807) is 0 Å². The summed E-state index contributed by atoms with van der Waals surface area (Å²) >= 11 is 0. The van der Waals surface area contributed by atoms with Gasteiger partial charge in [-0.25, -0.2) is 0 Å². The van der Waals surface area contributed by atoms with Gasteiger partial charge in [-0.2, -0.15) is 0 Å². The molecule has 0 saturated heterocycles. The van der Waals surface area contributed by atoms with Crippen LogP contribution in [0.15, 0.2) is 42.5 Å². The average molecular weight is 254 g/mol. The SMILES string of the molecule is Cc1cc(C)cc(CC(C)(O)c2ccccc2C)c1. The summed E-state index contributed by atoms with van der Waals surface area (Å²) in [7, 11) is 0. The Bertz CT molecular complexity index is 562. The first kappa shape index (κ1) is 13.8. The fraction of sp³-hybridized carbons (Fsp3) is 0.333. The lowest BCUT2D eigenvalue weighted by molar-refractivity contribution is 0.0570. The molecule has 1 nitrogen and oxygen atoms in total. The Balaban J connectivity index is 2.33. The van der Waals surface area contributed by atoms with Crippen molar-refractivity contribution in [3.8, 4) is 0 Å². The zero-order valence-electron chi connectivity index (χ0n) is 12.2. The van der Waals surface area contributed by atoms with Gasteiger partial charge >= 0.3 is 0 Å². The molecule has 0 bridgehead atoms. The van der Waals surface area contributed by atoms with Crippen molar-refractivity contribution >= 4 is 0 Å². The van der Waals surface area contributed by atoms with Crippen LogP contribution in [0.1, 0.15) is 34.7 Å². The fourth-order valence-corrected chi connectivity index (χ4v) is 2.84. The van der Waals surface area contributed by atoms with E-state index in [9.17, 15) is 5.11 Å². The first-order valence-corrected chi connectivity index (χ1v) is 6.74. The Morgan fingerprint density at radius 1 is 0.947 bits per heavy atom. The van der Waals surface area contributed by atoms with Gasteiger partial charge < -0.3 is 5.11 Å². The Hall–Kier alpha value is -1.60. The molecule has 1 unspecified atom stereocenters. The van der Waals surface area contributed by atoms with Crippen LogP contribution in [-0.4, -0.2) is 5.11 Å². The molecule has 0 aromatic heterocycles. The van der Waals surface area contributed by atoms with Crippen LogP contribution >= 0.6 is 0 Å². The molecule has 19 heavy (non-hydrogen) atoms. The van der Waals surface area contributed by atoms with Gasteiger partial charge in [0.25, 0.3) is 0 Å². The standard InChI is InChI=1S/C18H22O/c1-13-9-14(2)11-16(10-13)12-18(4,19)17-8-6-5-7-15(17)3/h5-11,19H,12H2,1-4H3. The summed E-state index contributed by atoms with van der Waals surface area (Å²) in [5, 5.41) is 10.8. The molecular formula is C18H22O. The molecule has 1 atom stereocenters. The Kier molecular flexibility index (Phi) is 3.77. The van der Waals surface area contributed by atoms with Crippen molar-refractivity contribution < 1.29 is 5.11 Å². The van der Waals surface area contributed by atoms with Crippen molar-refractivity contribution in [3.63, 3.8) is 0 Å². The smallest absolute Gasteiger partial charge is 0.0911 e. The summed E-state index contributed by atoms with van der Waals surface area (Å²) in [6, 6.07) is 14.5. The van der Waals surface area contributed by atoms with Gasteiger partial charge in [0.05, 0.1) is 5.60 Å². The largest absolute Gasteiger partial charge is 0.385 e. The van der Waals surface area contributed by atoms with Gasteiger partial charge in [0.15, 0.2) is 0 Å². The van der Waals surface area contributed by atoms with Gasteiger partial charge in [-0.3, -0.25) is 0 Å². The molecule has 0 saturated carbocycles. The van der Waals surface area contributed by atoms with Crippen LogP contribution in [0.4, 0.5) is 0 Å². The minimum Gasteiger partial charge on any atom is -0.385 e. The second-order valence-electron chi connectivity index (χ2n) is 5.76. The molecule has 0 fully saturated rings. The highest BCUT2D eigenvalue weighted by Crippen LogP contribution is 2.28. The molecule has 1 N–H and O–H groups in total. The van der Waals surface area contributed by atoms with Crippen LogP contribution in [0.2, 0.25) is 0 Å². The van der Waals surface area contributed by atoms with Crippen molar-refractivity contribution in [2.45, 2.75) is 39.7 Å². The van der Waals surface area contributed by atoms with Crippen LogP contribution in [0.25, 0.3) is 0 Å². The van der Waals surface area contributed by atoms with E-state index in [0.29, 0.717) is 6.42 Å². The van der Waals surface area contributed by atoms with E-state index < -0.39 is 5.60 Å². The maximum atomic E-state index is 10.8. The number of benzene rings is 2. The zero-order chi connectivity index (χ0) is 14.0. The summed E-state index contributed by atoms with van der Waals surface area (Å²) in [5.41, 5.74) is 4.99. The molecule has 0 aliphatic carbocycles. The number of rotatable bonds is 3. The third kappa shape index (κ3) is 3.24. The van der Waals surface area contributed by atoms with Crippen LogP contribution in [0, 0.1) is 20.8 Å². The summed E-state index contributed by atoms with van der Waals surface area (Å²) in [4.78, 5) is 0. The summed E-state index contributed by atoms with van der Waals surface area (Å²) in [5.74, 6) is 0. The minimum absolute atomic E-state index is 0.639. The van der Waals surface area contributed by atoms with Crippen LogP contribution in [0.5, 0.6) is 0 Å². The molecule has 0 aliphatic rings. The molecule has 2 aromatic rings. The third-order valence-electron chi connectivity index (χ3n) is 3.56. The first-order valence-electron chi connectivity index (χ1n) is 6.74. The lowest BCUT2D eigenvalue weighted by Gasteiger charge is -2.26.